The van der Waals surface area contributed by atoms with Crippen molar-refractivity contribution >= 4 is 21.9 Å². The van der Waals surface area contributed by atoms with Crippen LogP contribution in [0.25, 0.3) is 38.8 Å². The molecule has 138 valence electrons. The van der Waals surface area contributed by atoms with Crippen molar-refractivity contribution in [2.75, 3.05) is 7.11 Å². The van der Waals surface area contributed by atoms with E-state index in [9.17, 15) is 0 Å². The van der Waals surface area contributed by atoms with Gasteiger partial charge in [-0.2, -0.15) is 5.10 Å². The highest BCUT2D eigenvalue weighted by Gasteiger charge is 2.14. The lowest BCUT2D eigenvalue weighted by Crippen LogP contribution is -1.98. The highest BCUT2D eigenvalue weighted by atomic mass is 16.5. The van der Waals surface area contributed by atoms with E-state index in [1.165, 1.54) is 0 Å². The lowest BCUT2D eigenvalue weighted by atomic mass is 10.1. The number of imidazole rings is 1. The molecule has 6 nitrogen and oxygen atoms in total. The first-order valence-electron chi connectivity index (χ1n) is 9.05. The number of methoxy groups -OCH3 is 1. The summed E-state index contributed by atoms with van der Waals surface area (Å²) >= 11 is 0. The third-order valence-electron chi connectivity index (χ3n) is 5.02. The Morgan fingerprint density at radius 3 is 2.46 bits per heavy atom. The average molecular weight is 369 g/mol. The van der Waals surface area contributed by atoms with E-state index in [-0.39, 0.29) is 0 Å². The van der Waals surface area contributed by atoms with Crippen LogP contribution < -0.4 is 4.74 Å². The molecule has 0 atom stereocenters. The molecule has 0 bridgehead atoms. The third-order valence-corrected chi connectivity index (χ3v) is 5.02. The summed E-state index contributed by atoms with van der Waals surface area (Å²) in [4.78, 5) is 9.35. The summed E-state index contributed by atoms with van der Waals surface area (Å²) in [7, 11) is 3.60. The molecule has 0 fully saturated rings. The van der Waals surface area contributed by atoms with Gasteiger partial charge in [-0.15, -0.1) is 0 Å². The topological polar surface area (TPSA) is 57.8 Å². The van der Waals surface area contributed by atoms with Crippen LogP contribution in [-0.2, 0) is 7.05 Å². The smallest absolute Gasteiger partial charge is 0.119 e. The van der Waals surface area contributed by atoms with Crippen LogP contribution in [0.15, 0.2) is 61.1 Å². The first kappa shape index (κ1) is 16.5. The van der Waals surface area contributed by atoms with Crippen molar-refractivity contribution in [2.24, 2.45) is 7.05 Å². The van der Waals surface area contributed by atoms with Crippen molar-refractivity contribution in [3.63, 3.8) is 0 Å². The molecule has 2 aromatic carbocycles. The van der Waals surface area contributed by atoms with Gasteiger partial charge in [-0.25, -0.2) is 4.98 Å². The minimum Gasteiger partial charge on any atom is -0.497 e. The Kier molecular flexibility index (Phi) is 3.65. The van der Waals surface area contributed by atoms with E-state index in [0.29, 0.717) is 0 Å². The number of rotatable bonds is 3. The molecule has 0 saturated heterocycles. The van der Waals surface area contributed by atoms with Crippen LogP contribution in [0.5, 0.6) is 5.75 Å². The van der Waals surface area contributed by atoms with Gasteiger partial charge in [0.1, 0.15) is 17.1 Å². The monoisotopic (exact) mass is 369 g/mol. The summed E-state index contributed by atoms with van der Waals surface area (Å²) in [5.74, 6) is 1.75. The fourth-order valence-corrected chi connectivity index (χ4v) is 3.67. The molecule has 28 heavy (non-hydrogen) atoms. The van der Waals surface area contributed by atoms with Crippen LogP contribution in [0.4, 0.5) is 0 Å². The predicted octanol–water partition coefficient (Wildman–Crippen LogP) is 4.29. The number of hydrogen-bond acceptors (Lipinski definition) is 4. The largest absolute Gasteiger partial charge is 0.497 e. The number of pyridine rings is 1. The maximum absolute atomic E-state index is 5.30. The van der Waals surface area contributed by atoms with E-state index < -0.39 is 0 Å². The van der Waals surface area contributed by atoms with Gasteiger partial charge in [-0.05, 0) is 48.9 Å². The zero-order valence-electron chi connectivity index (χ0n) is 15.9. The van der Waals surface area contributed by atoms with Crippen molar-refractivity contribution in [1.29, 1.82) is 0 Å². The molecule has 0 amide bonds. The van der Waals surface area contributed by atoms with Gasteiger partial charge in [0.25, 0.3) is 0 Å². The maximum Gasteiger partial charge on any atom is 0.119 e. The molecule has 3 aromatic heterocycles. The van der Waals surface area contributed by atoms with Crippen LogP contribution in [0.3, 0.4) is 0 Å². The lowest BCUT2D eigenvalue weighted by molar-refractivity contribution is 0.415. The number of aromatic nitrogens is 5. The molecule has 0 aliphatic rings. The quantitative estimate of drug-likeness (QED) is 0.476. The van der Waals surface area contributed by atoms with E-state index in [4.69, 9.17) is 9.72 Å². The summed E-state index contributed by atoms with van der Waals surface area (Å²) < 4.78 is 9.28. The van der Waals surface area contributed by atoms with Gasteiger partial charge in [0.2, 0.25) is 0 Å². The molecular formula is C22H19N5O. The highest BCUT2D eigenvalue weighted by Crippen LogP contribution is 2.31. The van der Waals surface area contributed by atoms with Gasteiger partial charge >= 0.3 is 0 Å². The van der Waals surface area contributed by atoms with Crippen molar-refractivity contribution in [1.82, 2.24) is 24.3 Å². The first-order chi connectivity index (χ1) is 13.6. The number of nitrogens with zero attached hydrogens (tertiary/aromatic N) is 5. The van der Waals surface area contributed by atoms with Crippen LogP contribution in [0.2, 0.25) is 0 Å². The summed E-state index contributed by atoms with van der Waals surface area (Å²) in [5.41, 5.74) is 6.10. The van der Waals surface area contributed by atoms with Gasteiger partial charge in [0.15, 0.2) is 0 Å². The molecule has 0 spiro atoms. The van der Waals surface area contributed by atoms with E-state index >= 15 is 0 Å². The van der Waals surface area contributed by atoms with Crippen LogP contribution in [-0.4, -0.2) is 31.4 Å². The lowest BCUT2D eigenvalue weighted by Gasteiger charge is -2.10. The zero-order chi connectivity index (χ0) is 19.3. The first-order valence-corrected chi connectivity index (χ1v) is 9.05. The molecule has 0 saturated carbocycles. The van der Waals surface area contributed by atoms with Gasteiger partial charge < -0.3 is 4.74 Å². The summed E-state index contributed by atoms with van der Waals surface area (Å²) in [5, 5.41) is 5.36. The Hall–Kier alpha value is -3.67. The fraction of sp³-hybridized carbons (Fsp3) is 0.136. The standard InChI is InChI=1S/C22H19N5O/c1-14-25-21-12-23-20-9-4-15(16-11-24-26(2)13-16)10-19(20)22(21)27(14)17-5-7-18(28-3)8-6-17/h4-13H,1-3H3. The zero-order valence-corrected chi connectivity index (χ0v) is 15.9. The summed E-state index contributed by atoms with van der Waals surface area (Å²) in [6.45, 7) is 2.01. The molecule has 0 aliphatic heterocycles. The Bertz CT molecular complexity index is 1310. The Labute approximate surface area is 162 Å². The van der Waals surface area contributed by atoms with E-state index in [1.54, 1.807) is 7.11 Å². The molecule has 6 heteroatoms. The van der Waals surface area contributed by atoms with Crippen molar-refractivity contribution in [2.45, 2.75) is 6.92 Å². The Morgan fingerprint density at radius 2 is 1.75 bits per heavy atom. The highest BCUT2D eigenvalue weighted by molar-refractivity contribution is 6.04. The Balaban J connectivity index is 1.80. The van der Waals surface area contributed by atoms with Crippen molar-refractivity contribution in [3.8, 4) is 22.6 Å². The summed E-state index contributed by atoms with van der Waals surface area (Å²) in [6, 6.07) is 14.3. The van der Waals surface area contributed by atoms with Gasteiger partial charge in [0.05, 0.1) is 30.5 Å². The molecule has 5 aromatic rings. The number of fused-ring (bicyclic) bond motifs is 3. The molecule has 0 radical (unpaired) electrons. The second-order valence-corrected chi connectivity index (χ2v) is 6.82. The van der Waals surface area contributed by atoms with Gasteiger partial charge in [0, 0.05) is 29.9 Å². The average Bonchev–Trinajstić information content (AvgIpc) is 3.30. The second kappa shape index (κ2) is 6.20. The minimum absolute atomic E-state index is 0.830. The SMILES string of the molecule is COc1ccc(-n2c(C)nc3cnc4ccc(-c5cnn(C)c5)cc4c32)cc1. The van der Waals surface area contributed by atoms with E-state index in [1.807, 2.05) is 61.5 Å². The maximum atomic E-state index is 5.30. The summed E-state index contributed by atoms with van der Waals surface area (Å²) in [6.07, 6.45) is 5.73. The van der Waals surface area contributed by atoms with E-state index in [0.717, 1.165) is 50.3 Å². The second-order valence-electron chi connectivity index (χ2n) is 6.82. The number of aryl methyl sites for hydroxylation is 2. The molecule has 5 rings (SSSR count). The van der Waals surface area contributed by atoms with Crippen molar-refractivity contribution in [3.05, 3.63) is 66.9 Å². The van der Waals surface area contributed by atoms with Gasteiger partial charge in [-0.1, -0.05) is 6.07 Å². The minimum atomic E-state index is 0.830. The Morgan fingerprint density at radius 1 is 0.929 bits per heavy atom. The van der Waals surface area contributed by atoms with Crippen LogP contribution in [0, 0.1) is 6.92 Å². The molecule has 0 aliphatic carbocycles. The molecule has 3 heterocycles. The molecular weight excluding hydrogens is 350 g/mol. The van der Waals surface area contributed by atoms with Crippen molar-refractivity contribution < 1.29 is 4.74 Å². The number of benzene rings is 2. The normalized spacial score (nSPS) is 11.4. The van der Waals surface area contributed by atoms with E-state index in [2.05, 4.69) is 32.8 Å². The number of hydrogen-bond donors (Lipinski definition) is 0. The fourth-order valence-electron chi connectivity index (χ4n) is 3.67. The molecule has 0 unspecified atom stereocenters. The number of ether oxygens (including phenoxy) is 1. The van der Waals surface area contributed by atoms with Crippen LogP contribution in [0.1, 0.15) is 5.82 Å². The third kappa shape index (κ3) is 2.53. The molecule has 0 N–H and O–H groups in total. The van der Waals surface area contributed by atoms with Gasteiger partial charge in [-0.3, -0.25) is 14.2 Å². The predicted molar refractivity (Wildman–Crippen MR) is 110 cm³/mol. The van der Waals surface area contributed by atoms with Crippen LogP contribution >= 0.6 is 0 Å².